The number of benzene rings is 1. The van der Waals surface area contributed by atoms with E-state index < -0.39 is 6.10 Å². The molecule has 0 heterocycles. The zero-order valence-corrected chi connectivity index (χ0v) is 11.8. The lowest BCUT2D eigenvalue weighted by atomic mass is 10.2. The number of nitrogens with one attached hydrogen (secondary N) is 1. The first kappa shape index (κ1) is 14.8. The first-order valence-corrected chi connectivity index (χ1v) is 6.63. The van der Waals surface area contributed by atoms with Crippen molar-refractivity contribution < 1.29 is 9.53 Å². The van der Waals surface area contributed by atoms with Crippen LogP contribution < -0.4 is 10.1 Å². The van der Waals surface area contributed by atoms with Crippen molar-refractivity contribution in [2.45, 2.75) is 45.8 Å². The van der Waals surface area contributed by atoms with Gasteiger partial charge in [0, 0.05) is 11.1 Å². The van der Waals surface area contributed by atoms with Crippen LogP contribution in [0.3, 0.4) is 0 Å². The van der Waals surface area contributed by atoms with Crippen LogP contribution in [0.2, 0.25) is 5.02 Å². The lowest BCUT2D eigenvalue weighted by molar-refractivity contribution is -0.127. The second kappa shape index (κ2) is 7.27. The summed E-state index contributed by atoms with van der Waals surface area (Å²) in [6.45, 7) is 5.82. The molecule has 0 bridgehead atoms. The molecule has 0 aliphatic carbocycles. The average molecular weight is 270 g/mol. The SMILES string of the molecule is CCC[C@H](C)NC(=O)[C@H](C)Oc1cccc(Cl)c1. The lowest BCUT2D eigenvalue weighted by Crippen LogP contribution is -2.41. The van der Waals surface area contributed by atoms with Gasteiger partial charge in [-0.15, -0.1) is 0 Å². The summed E-state index contributed by atoms with van der Waals surface area (Å²) < 4.78 is 5.54. The zero-order chi connectivity index (χ0) is 13.5. The first-order chi connectivity index (χ1) is 8.52. The van der Waals surface area contributed by atoms with Crippen molar-refractivity contribution in [3.63, 3.8) is 0 Å². The maximum Gasteiger partial charge on any atom is 0.260 e. The van der Waals surface area contributed by atoms with Crippen LogP contribution in [0, 0.1) is 0 Å². The van der Waals surface area contributed by atoms with Crippen molar-refractivity contribution in [2.24, 2.45) is 0 Å². The topological polar surface area (TPSA) is 38.3 Å². The van der Waals surface area contributed by atoms with Crippen LogP contribution in [0.4, 0.5) is 0 Å². The second-order valence-electron chi connectivity index (χ2n) is 4.42. The van der Waals surface area contributed by atoms with E-state index in [0.717, 1.165) is 12.8 Å². The minimum absolute atomic E-state index is 0.101. The normalized spacial score (nSPS) is 13.8. The largest absolute Gasteiger partial charge is 0.481 e. The van der Waals surface area contributed by atoms with Crippen LogP contribution in [-0.2, 0) is 4.79 Å². The van der Waals surface area contributed by atoms with Crippen LogP contribution >= 0.6 is 11.6 Å². The molecular formula is C14H20ClNO2. The molecule has 0 radical (unpaired) electrons. The number of carbonyl (C=O) groups excluding carboxylic acids is 1. The Morgan fingerprint density at radius 1 is 1.44 bits per heavy atom. The van der Waals surface area contributed by atoms with Gasteiger partial charge in [-0.2, -0.15) is 0 Å². The number of halogens is 1. The number of hydrogen-bond acceptors (Lipinski definition) is 2. The van der Waals surface area contributed by atoms with Gasteiger partial charge in [0.25, 0.3) is 5.91 Å². The molecule has 0 saturated carbocycles. The van der Waals surface area contributed by atoms with Crippen molar-refractivity contribution in [1.82, 2.24) is 5.32 Å². The fraction of sp³-hybridized carbons (Fsp3) is 0.500. The molecule has 1 amide bonds. The van der Waals surface area contributed by atoms with Gasteiger partial charge >= 0.3 is 0 Å². The fourth-order valence-corrected chi connectivity index (χ4v) is 1.84. The van der Waals surface area contributed by atoms with Gasteiger partial charge < -0.3 is 10.1 Å². The Labute approximate surface area is 113 Å². The van der Waals surface area contributed by atoms with E-state index in [2.05, 4.69) is 12.2 Å². The third-order valence-electron chi connectivity index (χ3n) is 2.59. The summed E-state index contributed by atoms with van der Waals surface area (Å²) in [6.07, 6.45) is 1.49. The van der Waals surface area contributed by atoms with E-state index >= 15 is 0 Å². The standard InChI is InChI=1S/C14H20ClNO2/c1-4-6-10(2)16-14(17)11(3)18-13-8-5-7-12(15)9-13/h5,7-11H,4,6H2,1-3H3,(H,16,17)/t10-,11-/m0/s1. The summed E-state index contributed by atoms with van der Waals surface area (Å²) in [5.41, 5.74) is 0. The van der Waals surface area contributed by atoms with Crippen molar-refractivity contribution >= 4 is 17.5 Å². The molecule has 1 aromatic carbocycles. The maximum atomic E-state index is 11.8. The Bertz CT molecular complexity index is 395. The summed E-state index contributed by atoms with van der Waals surface area (Å²) in [4.78, 5) is 11.8. The van der Waals surface area contributed by atoms with Crippen LogP contribution in [0.1, 0.15) is 33.6 Å². The molecule has 4 heteroatoms. The highest BCUT2D eigenvalue weighted by atomic mass is 35.5. The average Bonchev–Trinajstić information content (AvgIpc) is 2.29. The van der Waals surface area contributed by atoms with Gasteiger partial charge in [-0.3, -0.25) is 4.79 Å². The molecule has 0 aliphatic rings. The Kier molecular flexibility index (Phi) is 5.99. The van der Waals surface area contributed by atoms with Crippen molar-refractivity contribution in [1.29, 1.82) is 0 Å². The quantitative estimate of drug-likeness (QED) is 0.859. The molecule has 0 aromatic heterocycles. The molecule has 2 atom stereocenters. The molecule has 18 heavy (non-hydrogen) atoms. The van der Waals surface area contributed by atoms with Gasteiger partial charge in [-0.1, -0.05) is 31.0 Å². The first-order valence-electron chi connectivity index (χ1n) is 6.25. The van der Waals surface area contributed by atoms with E-state index in [0.29, 0.717) is 10.8 Å². The Morgan fingerprint density at radius 3 is 2.78 bits per heavy atom. The van der Waals surface area contributed by atoms with Crippen molar-refractivity contribution in [2.75, 3.05) is 0 Å². The number of hydrogen-bond donors (Lipinski definition) is 1. The summed E-state index contributed by atoms with van der Waals surface area (Å²) in [5, 5.41) is 3.52. The number of carbonyl (C=O) groups is 1. The van der Waals surface area contributed by atoms with Gasteiger partial charge in [-0.25, -0.2) is 0 Å². The highest BCUT2D eigenvalue weighted by Gasteiger charge is 2.16. The van der Waals surface area contributed by atoms with E-state index in [1.165, 1.54) is 0 Å². The highest BCUT2D eigenvalue weighted by Crippen LogP contribution is 2.18. The summed E-state index contributed by atoms with van der Waals surface area (Å²) in [5.74, 6) is 0.504. The molecule has 100 valence electrons. The van der Waals surface area contributed by atoms with E-state index in [4.69, 9.17) is 16.3 Å². The smallest absolute Gasteiger partial charge is 0.260 e. The molecular weight excluding hydrogens is 250 g/mol. The predicted molar refractivity (Wildman–Crippen MR) is 74.1 cm³/mol. The summed E-state index contributed by atoms with van der Waals surface area (Å²) in [7, 11) is 0. The third kappa shape index (κ3) is 4.96. The lowest BCUT2D eigenvalue weighted by Gasteiger charge is -2.18. The highest BCUT2D eigenvalue weighted by molar-refractivity contribution is 6.30. The van der Waals surface area contributed by atoms with Gasteiger partial charge in [0.05, 0.1) is 0 Å². The Morgan fingerprint density at radius 2 is 2.17 bits per heavy atom. The minimum atomic E-state index is -0.525. The molecule has 0 spiro atoms. The van der Waals surface area contributed by atoms with Crippen LogP contribution in [0.25, 0.3) is 0 Å². The minimum Gasteiger partial charge on any atom is -0.481 e. The van der Waals surface area contributed by atoms with Gasteiger partial charge in [0.2, 0.25) is 0 Å². The summed E-state index contributed by atoms with van der Waals surface area (Å²) in [6, 6.07) is 7.21. The van der Waals surface area contributed by atoms with Crippen LogP contribution in [0.5, 0.6) is 5.75 Å². The molecule has 0 aliphatic heterocycles. The second-order valence-corrected chi connectivity index (χ2v) is 4.85. The molecule has 0 saturated heterocycles. The molecule has 1 N–H and O–H groups in total. The molecule has 1 rings (SSSR count). The maximum absolute atomic E-state index is 11.8. The van der Waals surface area contributed by atoms with E-state index in [9.17, 15) is 4.79 Å². The molecule has 3 nitrogen and oxygen atoms in total. The molecule has 1 aromatic rings. The van der Waals surface area contributed by atoms with Crippen LogP contribution in [-0.4, -0.2) is 18.1 Å². The van der Waals surface area contributed by atoms with E-state index in [-0.39, 0.29) is 11.9 Å². The molecule has 0 fully saturated rings. The molecule has 0 unspecified atom stereocenters. The van der Waals surface area contributed by atoms with Gasteiger partial charge in [0.1, 0.15) is 5.75 Å². The van der Waals surface area contributed by atoms with Gasteiger partial charge in [0.15, 0.2) is 6.10 Å². The third-order valence-corrected chi connectivity index (χ3v) is 2.82. The predicted octanol–water partition coefficient (Wildman–Crippen LogP) is 3.41. The Hall–Kier alpha value is -1.22. The van der Waals surface area contributed by atoms with E-state index in [1.54, 1.807) is 31.2 Å². The fourth-order valence-electron chi connectivity index (χ4n) is 1.66. The number of ether oxygens (including phenoxy) is 1. The van der Waals surface area contributed by atoms with Crippen molar-refractivity contribution in [3.8, 4) is 5.75 Å². The zero-order valence-electron chi connectivity index (χ0n) is 11.1. The number of amides is 1. The van der Waals surface area contributed by atoms with Gasteiger partial charge in [-0.05, 0) is 38.5 Å². The summed E-state index contributed by atoms with van der Waals surface area (Å²) >= 11 is 5.85. The van der Waals surface area contributed by atoms with E-state index in [1.807, 2.05) is 6.92 Å². The number of rotatable bonds is 6. The van der Waals surface area contributed by atoms with Crippen LogP contribution in [0.15, 0.2) is 24.3 Å². The monoisotopic (exact) mass is 269 g/mol. The Balaban J connectivity index is 2.49. The van der Waals surface area contributed by atoms with Crippen molar-refractivity contribution in [3.05, 3.63) is 29.3 Å².